The lowest BCUT2D eigenvalue weighted by Crippen LogP contribution is -2.10. The van der Waals surface area contributed by atoms with Crippen molar-refractivity contribution in [2.24, 2.45) is 17.3 Å². The summed E-state index contributed by atoms with van der Waals surface area (Å²) in [4.78, 5) is 23.3. The Morgan fingerprint density at radius 2 is 1.72 bits per heavy atom. The number of hydrogen-bond donors (Lipinski definition) is 0. The number of hydrogen-bond acceptors (Lipinski definition) is 4. The van der Waals surface area contributed by atoms with Crippen molar-refractivity contribution in [3.63, 3.8) is 0 Å². The third-order valence-electron chi connectivity index (χ3n) is 3.48. The summed E-state index contributed by atoms with van der Waals surface area (Å²) < 4.78 is 9.96. The molecule has 0 aromatic carbocycles. The summed E-state index contributed by atoms with van der Waals surface area (Å²) in [7, 11) is 0. The van der Waals surface area contributed by atoms with E-state index in [0.29, 0.717) is 18.8 Å². The normalized spacial score (nSPS) is 25.5. The van der Waals surface area contributed by atoms with E-state index in [1.807, 2.05) is 19.9 Å². The van der Waals surface area contributed by atoms with E-state index in [-0.39, 0.29) is 29.2 Å². The first-order chi connectivity index (χ1) is 8.36. The molecule has 0 aliphatic heterocycles. The summed E-state index contributed by atoms with van der Waals surface area (Å²) in [6, 6.07) is 0. The van der Waals surface area contributed by atoms with Crippen molar-refractivity contribution in [1.29, 1.82) is 0 Å². The Kier molecular flexibility index (Phi) is 4.54. The summed E-state index contributed by atoms with van der Waals surface area (Å²) in [6.07, 6.45) is 1.83. The van der Waals surface area contributed by atoms with E-state index < -0.39 is 0 Å². The molecule has 2 atom stereocenters. The van der Waals surface area contributed by atoms with E-state index >= 15 is 0 Å². The summed E-state index contributed by atoms with van der Waals surface area (Å²) in [5.41, 5.74) is 0.418. The predicted octanol–water partition coefficient (Wildman–Crippen LogP) is 2.33. The fourth-order valence-electron chi connectivity index (χ4n) is 2.25. The van der Waals surface area contributed by atoms with Crippen LogP contribution in [0, 0.1) is 17.3 Å². The van der Waals surface area contributed by atoms with Gasteiger partial charge in [-0.25, -0.2) is 4.79 Å². The van der Waals surface area contributed by atoms with Gasteiger partial charge in [0.05, 0.1) is 19.1 Å². The lowest BCUT2D eigenvalue weighted by Gasteiger charge is -2.02. The minimum absolute atomic E-state index is 0.0564. The van der Waals surface area contributed by atoms with E-state index in [1.165, 1.54) is 0 Å². The highest BCUT2D eigenvalue weighted by Crippen LogP contribution is 2.59. The second-order valence-electron chi connectivity index (χ2n) is 5.15. The maximum atomic E-state index is 11.7. The number of ether oxygens (including phenoxy) is 2. The highest BCUT2D eigenvalue weighted by molar-refractivity contribution is 5.88. The van der Waals surface area contributed by atoms with Crippen molar-refractivity contribution in [2.75, 3.05) is 13.2 Å². The molecule has 4 heteroatoms. The molecule has 0 aromatic rings. The van der Waals surface area contributed by atoms with Crippen molar-refractivity contribution in [3.8, 4) is 0 Å². The molecule has 1 aliphatic carbocycles. The number of carbonyl (C=O) groups excluding carboxylic acids is 2. The Labute approximate surface area is 108 Å². The SMILES string of the molecule is CCOC(=O)/C(C)=C/[C@@H]1[C@@H](C(=O)OCC)C1(C)C. The first-order valence-corrected chi connectivity index (χ1v) is 6.38. The van der Waals surface area contributed by atoms with Crippen LogP contribution in [0.3, 0.4) is 0 Å². The molecule has 0 spiro atoms. The zero-order valence-corrected chi connectivity index (χ0v) is 11.8. The van der Waals surface area contributed by atoms with Crippen LogP contribution in [0.25, 0.3) is 0 Å². The molecule has 0 aromatic heterocycles. The molecule has 1 rings (SSSR count). The molecule has 0 N–H and O–H groups in total. The standard InChI is InChI=1S/C14H22O4/c1-6-17-12(15)9(3)8-10-11(14(10,4)5)13(16)18-7-2/h8,10-11H,6-7H2,1-5H3/b9-8+/t10-,11+/m1/s1. The highest BCUT2D eigenvalue weighted by atomic mass is 16.5. The van der Waals surface area contributed by atoms with Crippen LogP contribution in [0.5, 0.6) is 0 Å². The van der Waals surface area contributed by atoms with Gasteiger partial charge in [-0.05, 0) is 32.1 Å². The number of carbonyl (C=O) groups is 2. The molecule has 102 valence electrons. The van der Waals surface area contributed by atoms with E-state index in [0.717, 1.165) is 0 Å². The van der Waals surface area contributed by atoms with E-state index in [2.05, 4.69) is 0 Å². The van der Waals surface area contributed by atoms with E-state index in [4.69, 9.17) is 9.47 Å². The van der Waals surface area contributed by atoms with Crippen LogP contribution in [0.15, 0.2) is 11.6 Å². The molecule has 0 amide bonds. The minimum atomic E-state index is -0.317. The average molecular weight is 254 g/mol. The van der Waals surface area contributed by atoms with Crippen molar-refractivity contribution >= 4 is 11.9 Å². The minimum Gasteiger partial charge on any atom is -0.466 e. The van der Waals surface area contributed by atoms with Crippen LogP contribution in [0.2, 0.25) is 0 Å². The molecule has 0 unspecified atom stereocenters. The highest BCUT2D eigenvalue weighted by Gasteiger charge is 2.61. The zero-order chi connectivity index (χ0) is 13.9. The van der Waals surface area contributed by atoms with Crippen LogP contribution in [-0.2, 0) is 19.1 Å². The van der Waals surface area contributed by atoms with Gasteiger partial charge in [0.25, 0.3) is 0 Å². The van der Waals surface area contributed by atoms with Crippen LogP contribution in [0.4, 0.5) is 0 Å². The largest absolute Gasteiger partial charge is 0.466 e. The quantitative estimate of drug-likeness (QED) is 0.558. The van der Waals surface area contributed by atoms with Gasteiger partial charge in [-0.3, -0.25) is 4.79 Å². The number of rotatable bonds is 5. The van der Waals surface area contributed by atoms with Crippen molar-refractivity contribution in [1.82, 2.24) is 0 Å². The molecular weight excluding hydrogens is 232 g/mol. The fraction of sp³-hybridized carbons (Fsp3) is 0.714. The lowest BCUT2D eigenvalue weighted by molar-refractivity contribution is -0.145. The van der Waals surface area contributed by atoms with Crippen molar-refractivity contribution < 1.29 is 19.1 Å². The van der Waals surface area contributed by atoms with Crippen molar-refractivity contribution in [3.05, 3.63) is 11.6 Å². The smallest absolute Gasteiger partial charge is 0.333 e. The molecule has 0 bridgehead atoms. The van der Waals surface area contributed by atoms with Gasteiger partial charge < -0.3 is 9.47 Å². The molecule has 0 heterocycles. The van der Waals surface area contributed by atoms with Gasteiger partial charge in [0, 0.05) is 5.57 Å². The van der Waals surface area contributed by atoms with Crippen molar-refractivity contribution in [2.45, 2.75) is 34.6 Å². The summed E-state index contributed by atoms with van der Waals surface area (Å²) in [5.74, 6) is -0.592. The van der Waals surface area contributed by atoms with Gasteiger partial charge in [0.2, 0.25) is 0 Å². The zero-order valence-electron chi connectivity index (χ0n) is 11.8. The first-order valence-electron chi connectivity index (χ1n) is 6.38. The Morgan fingerprint density at radius 3 is 2.22 bits per heavy atom. The monoisotopic (exact) mass is 254 g/mol. The van der Waals surface area contributed by atoms with Gasteiger partial charge in [-0.15, -0.1) is 0 Å². The predicted molar refractivity (Wildman–Crippen MR) is 67.8 cm³/mol. The lowest BCUT2D eigenvalue weighted by atomic mass is 10.1. The second kappa shape index (κ2) is 5.55. The molecular formula is C14H22O4. The van der Waals surface area contributed by atoms with Crippen LogP contribution in [-0.4, -0.2) is 25.2 Å². The third kappa shape index (κ3) is 2.92. The van der Waals surface area contributed by atoms with E-state index in [9.17, 15) is 9.59 Å². The maximum Gasteiger partial charge on any atom is 0.333 e. The first kappa shape index (κ1) is 14.7. The Morgan fingerprint density at radius 1 is 1.17 bits per heavy atom. The van der Waals surface area contributed by atoms with Gasteiger partial charge in [-0.1, -0.05) is 19.9 Å². The molecule has 1 aliphatic rings. The summed E-state index contributed by atoms with van der Waals surface area (Å²) >= 11 is 0. The molecule has 4 nitrogen and oxygen atoms in total. The molecule has 0 saturated heterocycles. The maximum absolute atomic E-state index is 11.7. The summed E-state index contributed by atoms with van der Waals surface area (Å²) in [6.45, 7) is 10.0. The molecule has 18 heavy (non-hydrogen) atoms. The van der Waals surface area contributed by atoms with E-state index in [1.54, 1.807) is 20.8 Å². The third-order valence-corrected chi connectivity index (χ3v) is 3.48. The summed E-state index contributed by atoms with van der Waals surface area (Å²) in [5, 5.41) is 0. The van der Waals surface area contributed by atoms with Crippen LogP contribution < -0.4 is 0 Å². The van der Waals surface area contributed by atoms with Gasteiger partial charge in [0.1, 0.15) is 0 Å². The number of esters is 2. The molecule has 1 saturated carbocycles. The number of allylic oxidation sites excluding steroid dienone is 1. The van der Waals surface area contributed by atoms with Crippen LogP contribution in [0.1, 0.15) is 34.6 Å². The molecule has 1 fully saturated rings. The average Bonchev–Trinajstić information content (AvgIpc) is 2.81. The second-order valence-corrected chi connectivity index (χ2v) is 5.15. The fourth-order valence-corrected chi connectivity index (χ4v) is 2.25. The van der Waals surface area contributed by atoms with Gasteiger partial charge in [-0.2, -0.15) is 0 Å². The Balaban J connectivity index is 2.71. The Hall–Kier alpha value is -1.32. The van der Waals surface area contributed by atoms with Crippen LogP contribution >= 0.6 is 0 Å². The topological polar surface area (TPSA) is 52.6 Å². The Bertz CT molecular complexity index is 368. The van der Waals surface area contributed by atoms with Gasteiger partial charge in [0.15, 0.2) is 0 Å². The van der Waals surface area contributed by atoms with Gasteiger partial charge >= 0.3 is 11.9 Å². The molecule has 0 radical (unpaired) electrons.